The third kappa shape index (κ3) is 6.79. The Morgan fingerprint density at radius 3 is 2.32 bits per heavy atom. The van der Waals surface area contributed by atoms with E-state index in [1.54, 1.807) is 12.3 Å². The van der Waals surface area contributed by atoms with Gasteiger partial charge in [0.25, 0.3) is 0 Å². The molecule has 2 aromatic carbocycles. The van der Waals surface area contributed by atoms with Gasteiger partial charge >= 0.3 is 0 Å². The highest BCUT2D eigenvalue weighted by molar-refractivity contribution is 8.03. The van der Waals surface area contributed by atoms with E-state index in [0.717, 1.165) is 30.0 Å². The summed E-state index contributed by atoms with van der Waals surface area (Å²) < 4.78 is 1.87. The molecule has 0 bridgehead atoms. The first kappa shape index (κ1) is 25.7. The van der Waals surface area contributed by atoms with Gasteiger partial charge < -0.3 is 15.0 Å². The van der Waals surface area contributed by atoms with Crippen molar-refractivity contribution in [2.75, 3.05) is 14.1 Å². The number of aryl methyl sites for hydroxylation is 2. The highest BCUT2D eigenvalue weighted by Crippen LogP contribution is 2.42. The van der Waals surface area contributed by atoms with Crippen molar-refractivity contribution in [3.8, 4) is 0 Å². The van der Waals surface area contributed by atoms with Crippen molar-refractivity contribution >= 4 is 23.6 Å². The Bertz CT molecular complexity index is 1120. The summed E-state index contributed by atoms with van der Waals surface area (Å²) in [5, 5.41) is 15.0. The topological polar surface area (TPSA) is 67.2 Å². The highest BCUT2D eigenvalue weighted by Gasteiger charge is 2.42. The standard InChI is InChI=1S/C26H26N2O2S.C2H7N/c1-28-17-16-27-25(28)31-23-19-26(30,15-9-8-12-20-10-4-2-5-11-20)22(24(23)29)18-21-13-6-3-7-14-21;1-3-2/h2-7,10-11,13-14,16-19,30H,8-9,12,15H2,1H3;3H,1-2H3. The molecule has 6 heteroatoms. The van der Waals surface area contributed by atoms with Gasteiger partial charge in [-0.2, -0.15) is 0 Å². The molecule has 34 heavy (non-hydrogen) atoms. The van der Waals surface area contributed by atoms with Crippen molar-refractivity contribution in [1.82, 2.24) is 14.9 Å². The first-order valence-corrected chi connectivity index (χ1v) is 12.3. The first-order chi connectivity index (χ1) is 16.5. The summed E-state index contributed by atoms with van der Waals surface area (Å²) in [4.78, 5) is 18.1. The summed E-state index contributed by atoms with van der Waals surface area (Å²) >= 11 is 1.31. The van der Waals surface area contributed by atoms with E-state index < -0.39 is 5.60 Å². The van der Waals surface area contributed by atoms with Gasteiger partial charge in [0.15, 0.2) is 10.9 Å². The van der Waals surface area contributed by atoms with Gasteiger partial charge in [-0.15, -0.1) is 0 Å². The first-order valence-electron chi connectivity index (χ1n) is 11.5. The smallest absolute Gasteiger partial charge is 0.198 e. The zero-order chi connectivity index (χ0) is 24.4. The van der Waals surface area contributed by atoms with Crippen LogP contribution in [0.3, 0.4) is 0 Å². The fourth-order valence-corrected chi connectivity index (χ4v) is 4.77. The minimum absolute atomic E-state index is 0.123. The van der Waals surface area contributed by atoms with Crippen LogP contribution in [-0.2, 0) is 18.3 Å². The second-order valence-corrected chi connectivity index (χ2v) is 9.36. The molecule has 0 radical (unpaired) electrons. The van der Waals surface area contributed by atoms with Gasteiger partial charge in [-0.05, 0) is 74.8 Å². The molecule has 4 rings (SSSR count). The second-order valence-electron chi connectivity index (χ2n) is 8.35. The maximum atomic E-state index is 13.3. The SMILES string of the molecule is CNC.Cn1ccnc1SC1=CC(O)(CCCCc2ccccc2)C(=Cc2ccccc2)C1=O. The number of carbonyl (C=O) groups excluding carboxylic acids is 1. The highest BCUT2D eigenvalue weighted by atomic mass is 32.2. The number of ketones is 1. The molecule has 0 saturated heterocycles. The number of aromatic nitrogens is 2. The Morgan fingerprint density at radius 1 is 1.06 bits per heavy atom. The summed E-state index contributed by atoms with van der Waals surface area (Å²) in [6.45, 7) is 0. The maximum Gasteiger partial charge on any atom is 0.198 e. The van der Waals surface area contributed by atoms with Crippen molar-refractivity contribution in [3.05, 3.63) is 101 Å². The Morgan fingerprint density at radius 2 is 1.71 bits per heavy atom. The molecule has 1 aromatic heterocycles. The van der Waals surface area contributed by atoms with Crippen LogP contribution in [0.1, 0.15) is 30.4 Å². The van der Waals surface area contributed by atoms with E-state index in [1.165, 1.54) is 17.3 Å². The van der Waals surface area contributed by atoms with Crippen LogP contribution in [0.15, 0.2) is 94.8 Å². The number of unbranched alkanes of at least 4 members (excludes halogenated alkanes) is 1. The quantitative estimate of drug-likeness (QED) is 0.353. The van der Waals surface area contributed by atoms with E-state index >= 15 is 0 Å². The minimum Gasteiger partial charge on any atom is -0.381 e. The molecule has 0 amide bonds. The number of Topliss-reactive ketones (excluding diaryl/α,β-unsaturated/α-hetero) is 1. The summed E-state index contributed by atoms with van der Waals surface area (Å²) in [6.07, 6.45) is 10.3. The monoisotopic (exact) mass is 475 g/mol. The largest absolute Gasteiger partial charge is 0.381 e. The number of nitrogens with one attached hydrogen (secondary N) is 1. The number of thioether (sulfide) groups is 1. The lowest BCUT2D eigenvalue weighted by atomic mass is 9.89. The van der Waals surface area contributed by atoms with Gasteiger partial charge in [-0.25, -0.2) is 4.98 Å². The normalized spacial score (nSPS) is 18.5. The lowest BCUT2D eigenvalue weighted by Gasteiger charge is -2.22. The number of aliphatic hydroxyl groups is 1. The average molecular weight is 476 g/mol. The van der Waals surface area contributed by atoms with Crippen LogP contribution < -0.4 is 5.32 Å². The second kappa shape index (κ2) is 12.5. The fourth-order valence-electron chi connectivity index (χ4n) is 3.80. The Kier molecular flexibility index (Phi) is 9.45. The number of hydrogen-bond acceptors (Lipinski definition) is 5. The number of allylic oxidation sites excluding steroid dienone is 1. The van der Waals surface area contributed by atoms with Crippen LogP contribution >= 0.6 is 11.8 Å². The predicted molar refractivity (Wildman–Crippen MR) is 141 cm³/mol. The summed E-state index contributed by atoms with van der Waals surface area (Å²) in [6, 6.07) is 20.0. The molecule has 0 spiro atoms. The number of benzene rings is 2. The van der Waals surface area contributed by atoms with Crippen LogP contribution in [0.4, 0.5) is 0 Å². The van der Waals surface area contributed by atoms with Crippen LogP contribution in [0, 0.1) is 0 Å². The van der Waals surface area contributed by atoms with Crippen molar-refractivity contribution in [2.45, 2.75) is 36.4 Å². The van der Waals surface area contributed by atoms with Gasteiger partial charge in [0.1, 0.15) is 5.60 Å². The minimum atomic E-state index is -1.27. The number of hydrogen-bond donors (Lipinski definition) is 2. The van der Waals surface area contributed by atoms with E-state index in [0.29, 0.717) is 16.9 Å². The van der Waals surface area contributed by atoms with Crippen LogP contribution in [0.5, 0.6) is 0 Å². The Hall–Kier alpha value is -2.93. The number of rotatable bonds is 8. The molecular formula is C28H33N3O2S. The van der Waals surface area contributed by atoms with Gasteiger partial charge in [0, 0.05) is 25.0 Å². The molecule has 3 aromatic rings. The number of imidazole rings is 1. The van der Waals surface area contributed by atoms with Crippen molar-refractivity contribution in [1.29, 1.82) is 0 Å². The molecule has 0 fully saturated rings. The Labute approximate surface area is 206 Å². The zero-order valence-electron chi connectivity index (χ0n) is 20.1. The van der Waals surface area contributed by atoms with Crippen LogP contribution in [0.2, 0.25) is 0 Å². The maximum absolute atomic E-state index is 13.3. The lowest BCUT2D eigenvalue weighted by molar-refractivity contribution is -0.112. The average Bonchev–Trinajstić information content (AvgIpc) is 3.35. The summed E-state index contributed by atoms with van der Waals surface area (Å²) in [5.41, 5.74) is 1.37. The molecule has 1 atom stereocenters. The Balaban J connectivity index is 0.00000103. The number of nitrogens with zero attached hydrogens (tertiary/aromatic N) is 2. The van der Waals surface area contributed by atoms with E-state index in [1.807, 2.05) is 86.5 Å². The molecule has 178 valence electrons. The summed E-state index contributed by atoms with van der Waals surface area (Å²) in [5.74, 6) is -0.123. The molecule has 0 saturated carbocycles. The van der Waals surface area contributed by atoms with E-state index in [-0.39, 0.29) is 5.78 Å². The molecule has 2 N–H and O–H groups in total. The fraction of sp³-hybridized carbons (Fsp3) is 0.286. The number of carbonyl (C=O) groups is 1. The van der Waals surface area contributed by atoms with E-state index in [9.17, 15) is 9.90 Å². The van der Waals surface area contributed by atoms with Crippen molar-refractivity contribution in [2.24, 2.45) is 7.05 Å². The molecule has 1 aliphatic carbocycles. The zero-order valence-corrected chi connectivity index (χ0v) is 20.9. The molecule has 1 unspecified atom stereocenters. The van der Waals surface area contributed by atoms with Gasteiger partial charge in [-0.3, -0.25) is 4.79 Å². The van der Waals surface area contributed by atoms with E-state index in [2.05, 4.69) is 22.4 Å². The molecular weight excluding hydrogens is 442 g/mol. The third-order valence-electron chi connectivity index (χ3n) is 5.51. The molecule has 1 heterocycles. The molecule has 5 nitrogen and oxygen atoms in total. The predicted octanol–water partition coefficient (Wildman–Crippen LogP) is 5.04. The van der Waals surface area contributed by atoms with Gasteiger partial charge in [0.05, 0.1) is 4.91 Å². The lowest BCUT2D eigenvalue weighted by Crippen LogP contribution is -2.27. The van der Waals surface area contributed by atoms with Gasteiger partial charge in [-0.1, -0.05) is 60.7 Å². The molecule has 0 aliphatic heterocycles. The van der Waals surface area contributed by atoms with Crippen molar-refractivity contribution in [3.63, 3.8) is 0 Å². The van der Waals surface area contributed by atoms with E-state index in [4.69, 9.17) is 0 Å². The van der Waals surface area contributed by atoms with Crippen molar-refractivity contribution < 1.29 is 9.90 Å². The van der Waals surface area contributed by atoms with Crippen LogP contribution in [-0.4, -0.2) is 40.1 Å². The molecule has 1 aliphatic rings. The van der Waals surface area contributed by atoms with Crippen LogP contribution in [0.25, 0.3) is 6.08 Å². The van der Waals surface area contributed by atoms with Gasteiger partial charge in [0.2, 0.25) is 0 Å². The third-order valence-corrected chi connectivity index (χ3v) is 6.61. The summed E-state index contributed by atoms with van der Waals surface area (Å²) in [7, 11) is 5.64.